The van der Waals surface area contributed by atoms with Gasteiger partial charge in [0.2, 0.25) is 0 Å². The van der Waals surface area contributed by atoms with Crippen LogP contribution in [0.3, 0.4) is 0 Å². The van der Waals surface area contributed by atoms with E-state index in [2.05, 4.69) is 4.74 Å². The van der Waals surface area contributed by atoms with Crippen LogP contribution in [-0.4, -0.2) is 18.2 Å². The fourth-order valence-corrected chi connectivity index (χ4v) is 1.06. The monoisotopic (exact) mass is 186 g/mol. The second kappa shape index (κ2) is 3.45. The quantitative estimate of drug-likeness (QED) is 0.681. The average molecular weight is 187 g/mol. The van der Waals surface area contributed by atoms with Gasteiger partial charge in [-0.2, -0.15) is 0 Å². The molecule has 1 aromatic carbocycles. The molecule has 0 amide bonds. The molecular weight excluding hydrogens is 180 g/mol. The summed E-state index contributed by atoms with van der Waals surface area (Å²) in [5.41, 5.74) is 0.00154. The number of halogens is 1. The number of carbonyl (C=O) groups excluding carboxylic acids is 1. The van der Waals surface area contributed by atoms with Crippen LogP contribution in [0.4, 0.5) is 0 Å². The number of rotatable bonds is 1. The van der Waals surface area contributed by atoms with E-state index >= 15 is 0 Å². The van der Waals surface area contributed by atoms with Crippen molar-refractivity contribution in [2.75, 3.05) is 7.11 Å². The maximum Gasteiger partial charge on any atom is 0.343 e. The molecule has 3 nitrogen and oxygen atoms in total. The first-order chi connectivity index (χ1) is 5.66. The van der Waals surface area contributed by atoms with Crippen LogP contribution in [0, 0.1) is 0 Å². The minimum absolute atomic E-state index is 0.00154. The summed E-state index contributed by atoms with van der Waals surface area (Å²) < 4.78 is 4.41. The Morgan fingerprint density at radius 3 is 2.75 bits per heavy atom. The number of phenols is 1. The molecule has 0 aliphatic rings. The van der Waals surface area contributed by atoms with E-state index in [0.29, 0.717) is 0 Å². The topological polar surface area (TPSA) is 46.5 Å². The Balaban J connectivity index is 3.21. The van der Waals surface area contributed by atoms with Crippen molar-refractivity contribution in [3.05, 3.63) is 28.8 Å². The summed E-state index contributed by atoms with van der Waals surface area (Å²) in [4.78, 5) is 11.0. The van der Waals surface area contributed by atoms with Crippen LogP contribution >= 0.6 is 11.6 Å². The molecule has 0 aromatic heterocycles. The van der Waals surface area contributed by atoms with E-state index < -0.39 is 5.97 Å². The lowest BCUT2D eigenvalue weighted by Gasteiger charge is -2.03. The van der Waals surface area contributed by atoms with Crippen molar-refractivity contribution < 1.29 is 14.6 Å². The van der Waals surface area contributed by atoms with Crippen molar-refractivity contribution in [1.82, 2.24) is 0 Å². The number of hydrogen-bond donors (Lipinski definition) is 1. The van der Waals surface area contributed by atoms with Gasteiger partial charge in [0, 0.05) is 0 Å². The molecular formula is C8H7ClO3. The van der Waals surface area contributed by atoms with Crippen molar-refractivity contribution in [1.29, 1.82) is 0 Å². The number of aromatic hydroxyl groups is 1. The van der Waals surface area contributed by atoms with Gasteiger partial charge < -0.3 is 9.84 Å². The third-order valence-corrected chi connectivity index (χ3v) is 1.70. The largest absolute Gasteiger partial charge is 0.507 e. The van der Waals surface area contributed by atoms with Gasteiger partial charge in [-0.1, -0.05) is 17.7 Å². The van der Waals surface area contributed by atoms with Gasteiger partial charge >= 0.3 is 5.97 Å². The van der Waals surface area contributed by atoms with Gasteiger partial charge in [-0.05, 0) is 12.1 Å². The molecule has 4 heteroatoms. The fourth-order valence-electron chi connectivity index (χ4n) is 0.817. The molecule has 0 saturated heterocycles. The Morgan fingerprint density at radius 1 is 1.58 bits per heavy atom. The highest BCUT2D eigenvalue weighted by molar-refractivity contribution is 6.33. The molecule has 12 heavy (non-hydrogen) atoms. The molecule has 0 atom stereocenters. The SMILES string of the molecule is COC(=O)c1c(O)cccc1Cl. The molecule has 1 aromatic rings. The molecule has 0 heterocycles. The average Bonchev–Trinajstić information content (AvgIpc) is 2.03. The van der Waals surface area contributed by atoms with Crippen molar-refractivity contribution in [3.8, 4) is 5.75 Å². The third-order valence-electron chi connectivity index (χ3n) is 1.38. The van der Waals surface area contributed by atoms with Gasteiger partial charge in [0.05, 0.1) is 12.1 Å². The summed E-state index contributed by atoms with van der Waals surface area (Å²) in [6.45, 7) is 0. The Hall–Kier alpha value is -1.22. The van der Waals surface area contributed by atoms with E-state index in [1.165, 1.54) is 19.2 Å². The molecule has 64 valence electrons. The summed E-state index contributed by atoms with van der Waals surface area (Å²) in [7, 11) is 1.23. The second-order valence-corrected chi connectivity index (χ2v) is 2.53. The van der Waals surface area contributed by atoms with Crippen LogP contribution in [0.1, 0.15) is 10.4 Å². The highest BCUT2D eigenvalue weighted by Crippen LogP contribution is 2.25. The smallest absolute Gasteiger partial charge is 0.343 e. The Morgan fingerprint density at radius 2 is 2.25 bits per heavy atom. The maximum absolute atomic E-state index is 11.0. The first kappa shape index (κ1) is 8.87. The minimum Gasteiger partial charge on any atom is -0.507 e. The van der Waals surface area contributed by atoms with Crippen LogP contribution in [0.2, 0.25) is 5.02 Å². The van der Waals surface area contributed by atoms with E-state index in [-0.39, 0.29) is 16.3 Å². The second-order valence-electron chi connectivity index (χ2n) is 2.13. The lowest BCUT2D eigenvalue weighted by atomic mass is 10.2. The number of esters is 1. The molecule has 0 spiro atoms. The van der Waals surface area contributed by atoms with Gasteiger partial charge in [-0.15, -0.1) is 0 Å². The lowest BCUT2D eigenvalue weighted by Crippen LogP contribution is -2.02. The van der Waals surface area contributed by atoms with E-state index in [9.17, 15) is 9.90 Å². The van der Waals surface area contributed by atoms with Gasteiger partial charge in [0.15, 0.2) is 0 Å². The van der Waals surface area contributed by atoms with Crippen molar-refractivity contribution in [3.63, 3.8) is 0 Å². The van der Waals surface area contributed by atoms with Gasteiger partial charge in [-0.3, -0.25) is 0 Å². The predicted molar refractivity (Wildman–Crippen MR) is 44.5 cm³/mol. The highest BCUT2D eigenvalue weighted by Gasteiger charge is 2.14. The number of ether oxygens (including phenoxy) is 1. The summed E-state index contributed by atoms with van der Waals surface area (Å²) in [6.07, 6.45) is 0. The predicted octanol–water partition coefficient (Wildman–Crippen LogP) is 1.83. The standard InChI is InChI=1S/C8H7ClO3/c1-12-8(11)7-5(9)3-2-4-6(7)10/h2-4,10H,1H3. The molecule has 1 rings (SSSR count). The molecule has 0 fully saturated rings. The number of hydrogen-bond acceptors (Lipinski definition) is 3. The molecule has 0 bridgehead atoms. The number of phenolic OH excluding ortho intramolecular Hbond substituents is 1. The Kier molecular flexibility index (Phi) is 2.55. The highest BCUT2D eigenvalue weighted by atomic mass is 35.5. The van der Waals surface area contributed by atoms with Crippen molar-refractivity contribution in [2.24, 2.45) is 0 Å². The third kappa shape index (κ3) is 1.51. The van der Waals surface area contributed by atoms with Crippen LogP contribution in [-0.2, 0) is 4.74 Å². The summed E-state index contributed by atoms with van der Waals surface area (Å²) >= 11 is 5.64. The first-order valence-electron chi connectivity index (χ1n) is 3.22. The number of carbonyl (C=O) groups is 1. The number of benzene rings is 1. The molecule has 0 unspecified atom stereocenters. The van der Waals surface area contributed by atoms with E-state index in [1.54, 1.807) is 6.07 Å². The van der Waals surface area contributed by atoms with Crippen LogP contribution in [0.25, 0.3) is 0 Å². The summed E-state index contributed by atoms with van der Waals surface area (Å²) in [5.74, 6) is -0.813. The molecule has 1 N–H and O–H groups in total. The minimum atomic E-state index is -0.641. The zero-order valence-electron chi connectivity index (χ0n) is 6.37. The normalized spacial score (nSPS) is 9.50. The first-order valence-corrected chi connectivity index (χ1v) is 3.60. The van der Waals surface area contributed by atoms with Gasteiger partial charge in [0.1, 0.15) is 11.3 Å². The Labute approximate surface area is 74.5 Å². The molecule has 0 saturated carbocycles. The zero-order valence-corrected chi connectivity index (χ0v) is 7.13. The van der Waals surface area contributed by atoms with Crippen molar-refractivity contribution >= 4 is 17.6 Å². The van der Waals surface area contributed by atoms with Crippen LogP contribution in [0.15, 0.2) is 18.2 Å². The lowest BCUT2D eigenvalue weighted by molar-refractivity contribution is 0.0597. The van der Waals surface area contributed by atoms with Gasteiger partial charge in [-0.25, -0.2) is 4.79 Å². The molecule has 0 aliphatic carbocycles. The number of methoxy groups -OCH3 is 1. The Bertz CT molecular complexity index is 289. The maximum atomic E-state index is 11.0. The van der Waals surface area contributed by atoms with E-state index in [4.69, 9.17) is 11.6 Å². The van der Waals surface area contributed by atoms with Crippen LogP contribution < -0.4 is 0 Å². The fraction of sp³-hybridized carbons (Fsp3) is 0.125. The van der Waals surface area contributed by atoms with Crippen LogP contribution in [0.5, 0.6) is 5.75 Å². The summed E-state index contributed by atoms with van der Waals surface area (Å²) in [5, 5.41) is 9.39. The molecule has 0 radical (unpaired) electrons. The van der Waals surface area contributed by atoms with E-state index in [1.807, 2.05) is 0 Å². The zero-order chi connectivity index (χ0) is 9.14. The molecule has 0 aliphatic heterocycles. The summed E-state index contributed by atoms with van der Waals surface area (Å²) in [6, 6.07) is 4.43. The van der Waals surface area contributed by atoms with E-state index in [0.717, 1.165) is 0 Å². The van der Waals surface area contributed by atoms with Crippen molar-refractivity contribution in [2.45, 2.75) is 0 Å². The van der Waals surface area contributed by atoms with Gasteiger partial charge in [0.25, 0.3) is 0 Å².